The van der Waals surface area contributed by atoms with Crippen molar-refractivity contribution in [2.75, 3.05) is 26.3 Å². The molecule has 3 aromatic rings. The maximum Gasteiger partial charge on any atom is 0.235 e. The molecule has 0 radical (unpaired) electrons. The molecule has 2 aliphatic heterocycles. The summed E-state index contributed by atoms with van der Waals surface area (Å²) in [5, 5.41) is 15.3. The Balaban J connectivity index is 1.53. The molecule has 0 aliphatic carbocycles. The first-order valence-corrected chi connectivity index (χ1v) is 10.9. The minimum Gasteiger partial charge on any atom is -0.492 e. The Morgan fingerprint density at radius 1 is 1.31 bits per heavy atom. The highest BCUT2D eigenvalue weighted by molar-refractivity contribution is 7.17. The number of halogens is 1. The third-order valence-electron chi connectivity index (χ3n) is 5.88. The molecule has 1 aromatic carbocycles. The number of rotatable bonds is 4. The second kappa shape index (κ2) is 7.32. The Morgan fingerprint density at radius 3 is 2.72 bits per heavy atom. The van der Waals surface area contributed by atoms with Crippen molar-refractivity contribution in [3.05, 3.63) is 46.3 Å². The van der Waals surface area contributed by atoms with E-state index in [1.165, 1.54) is 26.8 Å². The van der Waals surface area contributed by atoms with Gasteiger partial charge in [-0.3, -0.25) is 0 Å². The van der Waals surface area contributed by atoms with Gasteiger partial charge < -0.3 is 19.5 Å². The lowest BCUT2D eigenvalue weighted by molar-refractivity contribution is -0.933. The molecule has 7 nitrogen and oxygen atoms in total. The van der Waals surface area contributed by atoms with Crippen molar-refractivity contribution in [2.45, 2.75) is 38.0 Å². The molecule has 2 N–H and O–H groups in total. The predicted molar refractivity (Wildman–Crippen MR) is 105 cm³/mol. The van der Waals surface area contributed by atoms with Crippen LogP contribution in [0.2, 0.25) is 0 Å². The van der Waals surface area contributed by atoms with E-state index >= 15 is 0 Å². The predicted octanol–water partition coefficient (Wildman–Crippen LogP) is 1.71. The first-order chi connectivity index (χ1) is 14.1. The number of aromatic nitrogens is 3. The first-order valence-electron chi connectivity index (χ1n) is 10.0. The quantitative estimate of drug-likeness (QED) is 0.674. The highest BCUT2D eigenvalue weighted by Gasteiger charge is 2.45. The molecule has 1 spiro atoms. The minimum atomic E-state index is -0.473. The molecule has 0 saturated carbocycles. The second-order valence-electron chi connectivity index (χ2n) is 7.62. The lowest BCUT2D eigenvalue weighted by atomic mass is 9.97. The molecule has 2 fully saturated rings. The van der Waals surface area contributed by atoms with Crippen LogP contribution in [0.4, 0.5) is 4.39 Å². The number of aryl methyl sites for hydroxylation is 1. The van der Waals surface area contributed by atoms with Crippen molar-refractivity contribution in [2.24, 2.45) is 0 Å². The number of likely N-dealkylation sites (tertiary alicyclic amines) is 1. The van der Waals surface area contributed by atoms with E-state index in [1.54, 1.807) is 12.1 Å². The van der Waals surface area contributed by atoms with Crippen molar-refractivity contribution < 1.29 is 23.9 Å². The maximum absolute atomic E-state index is 14.1. The maximum atomic E-state index is 14.1. The van der Waals surface area contributed by atoms with Crippen molar-refractivity contribution in [1.29, 1.82) is 0 Å². The molecule has 4 heterocycles. The van der Waals surface area contributed by atoms with Crippen molar-refractivity contribution in [1.82, 2.24) is 14.6 Å². The molecule has 29 heavy (non-hydrogen) atoms. The second-order valence-corrected chi connectivity index (χ2v) is 8.63. The molecule has 9 heteroatoms. The lowest BCUT2D eigenvalue weighted by Crippen LogP contribution is -3.14. The Morgan fingerprint density at radius 2 is 2.07 bits per heavy atom. The minimum absolute atomic E-state index is 0.0904. The monoisotopic (exact) mass is 419 g/mol. The van der Waals surface area contributed by atoms with E-state index in [1.807, 2.05) is 13.0 Å². The molecular formula is C20H24FN4O3S+. The summed E-state index contributed by atoms with van der Waals surface area (Å²) in [7, 11) is 0. The standard InChI is InChI=1S/C20H23FN4O3S/c1-2-15-22-19-25(23-15)18(26)17(29-19)16(13-4-3-5-14(21)12-13)24-8-6-20(7-9-24)27-10-11-28-20/h3-5,12,16,26H,2,6-11H2,1H3/p+1/t16-/m1/s1. The van der Waals surface area contributed by atoms with Gasteiger partial charge in [0.05, 0.1) is 39.1 Å². The molecule has 2 aliphatic rings. The third kappa shape index (κ3) is 3.31. The Labute approximate surface area is 171 Å². The van der Waals surface area contributed by atoms with E-state index in [0.29, 0.717) is 30.4 Å². The third-order valence-corrected chi connectivity index (χ3v) is 6.96. The van der Waals surface area contributed by atoms with Gasteiger partial charge in [-0.15, -0.1) is 5.10 Å². The molecule has 154 valence electrons. The molecule has 5 rings (SSSR count). The Kier molecular flexibility index (Phi) is 4.78. The molecule has 0 bridgehead atoms. The number of fused-ring (bicyclic) bond motifs is 1. The lowest BCUT2D eigenvalue weighted by Gasteiger charge is -2.38. The molecular weight excluding hydrogens is 395 g/mol. The number of thiazole rings is 1. The van der Waals surface area contributed by atoms with E-state index in [9.17, 15) is 9.50 Å². The molecule has 2 aromatic heterocycles. The summed E-state index contributed by atoms with van der Waals surface area (Å²) in [6, 6.07) is 6.42. The number of aromatic hydroxyl groups is 1. The molecule has 1 atom stereocenters. The molecule has 2 saturated heterocycles. The van der Waals surface area contributed by atoms with Crippen LogP contribution in [0.25, 0.3) is 4.96 Å². The van der Waals surface area contributed by atoms with Crippen molar-refractivity contribution in [3.63, 3.8) is 0 Å². The number of hydrogen-bond donors (Lipinski definition) is 2. The van der Waals surface area contributed by atoms with Crippen LogP contribution in [-0.4, -0.2) is 51.8 Å². The van der Waals surface area contributed by atoms with E-state index in [-0.39, 0.29) is 17.7 Å². The van der Waals surface area contributed by atoms with Crippen molar-refractivity contribution in [3.8, 4) is 5.88 Å². The summed E-state index contributed by atoms with van der Waals surface area (Å²) in [6.07, 6.45) is 2.25. The van der Waals surface area contributed by atoms with Gasteiger partial charge in [0.25, 0.3) is 0 Å². The Bertz CT molecular complexity index is 1020. The normalized spacial score (nSPS) is 20.6. The number of quaternary nitrogens is 1. The highest BCUT2D eigenvalue weighted by Crippen LogP contribution is 2.36. The largest absolute Gasteiger partial charge is 0.492 e. The smallest absolute Gasteiger partial charge is 0.235 e. The summed E-state index contributed by atoms with van der Waals surface area (Å²) in [6.45, 7) is 4.85. The van der Waals surface area contributed by atoms with Crippen LogP contribution in [0.3, 0.4) is 0 Å². The van der Waals surface area contributed by atoms with E-state index in [0.717, 1.165) is 36.4 Å². The van der Waals surface area contributed by atoms with Crippen LogP contribution in [0.1, 0.15) is 42.1 Å². The number of nitrogens with zero attached hydrogens (tertiary/aromatic N) is 3. The highest BCUT2D eigenvalue weighted by atomic mass is 32.1. The van der Waals surface area contributed by atoms with Gasteiger partial charge in [0.15, 0.2) is 17.7 Å². The zero-order valence-corrected chi connectivity index (χ0v) is 17.0. The summed E-state index contributed by atoms with van der Waals surface area (Å²) < 4.78 is 27.3. The van der Waals surface area contributed by atoms with Gasteiger partial charge in [-0.05, 0) is 12.1 Å². The Hall–Kier alpha value is -2.07. The average molecular weight is 420 g/mol. The summed E-state index contributed by atoms with van der Waals surface area (Å²) in [5.41, 5.74) is 0.833. The van der Waals surface area contributed by atoms with Crippen molar-refractivity contribution >= 4 is 16.3 Å². The summed E-state index contributed by atoms with van der Waals surface area (Å²) in [4.78, 5) is 7.16. The van der Waals surface area contributed by atoms with Crippen LogP contribution < -0.4 is 4.90 Å². The zero-order chi connectivity index (χ0) is 20.0. The van der Waals surface area contributed by atoms with Crippen LogP contribution in [0.15, 0.2) is 24.3 Å². The fraction of sp³-hybridized carbons (Fsp3) is 0.500. The molecule has 0 amide bonds. The summed E-state index contributed by atoms with van der Waals surface area (Å²) >= 11 is 1.42. The summed E-state index contributed by atoms with van der Waals surface area (Å²) in [5.74, 6) is 0.0329. The van der Waals surface area contributed by atoms with Gasteiger partial charge in [0, 0.05) is 12.0 Å². The zero-order valence-electron chi connectivity index (χ0n) is 16.2. The van der Waals surface area contributed by atoms with Gasteiger partial charge in [-0.2, -0.15) is 4.52 Å². The SMILES string of the molecule is CCc1nc2sc([C@@H](c3cccc(F)c3)[NH+]3CCC4(CC3)OCCO4)c(O)n2n1. The van der Waals surface area contributed by atoms with Gasteiger partial charge in [0.2, 0.25) is 10.8 Å². The number of ether oxygens (including phenoxy) is 2. The van der Waals surface area contributed by atoms with Gasteiger partial charge in [0.1, 0.15) is 10.7 Å². The van der Waals surface area contributed by atoms with Gasteiger partial charge >= 0.3 is 0 Å². The number of nitrogens with one attached hydrogen (secondary N) is 1. The number of hydrogen-bond acceptors (Lipinski definition) is 6. The fourth-order valence-corrected chi connectivity index (χ4v) is 5.57. The number of benzene rings is 1. The topological polar surface area (TPSA) is 73.3 Å². The van der Waals surface area contributed by atoms with E-state index in [2.05, 4.69) is 10.1 Å². The van der Waals surface area contributed by atoms with Gasteiger partial charge in [-0.1, -0.05) is 30.4 Å². The average Bonchev–Trinajstić information content (AvgIpc) is 3.42. The van der Waals surface area contributed by atoms with E-state index in [4.69, 9.17) is 9.47 Å². The first kappa shape index (κ1) is 18.9. The van der Waals surface area contributed by atoms with Crippen LogP contribution >= 0.6 is 11.3 Å². The fourth-order valence-electron chi connectivity index (χ4n) is 4.41. The number of piperidine rings is 1. The van der Waals surface area contributed by atoms with Crippen LogP contribution in [-0.2, 0) is 15.9 Å². The van der Waals surface area contributed by atoms with Crippen LogP contribution in [0.5, 0.6) is 5.88 Å². The molecule has 0 unspecified atom stereocenters. The van der Waals surface area contributed by atoms with Crippen LogP contribution in [0, 0.1) is 5.82 Å². The van der Waals surface area contributed by atoms with E-state index < -0.39 is 5.79 Å². The van der Waals surface area contributed by atoms with Gasteiger partial charge in [-0.25, -0.2) is 9.37 Å².